The normalized spacial score (nSPS) is 17.8. The average Bonchev–Trinajstić information content (AvgIpc) is 3.46. The lowest BCUT2D eigenvalue weighted by Gasteiger charge is -2.19. The van der Waals surface area contributed by atoms with E-state index in [9.17, 15) is 18.3 Å². The van der Waals surface area contributed by atoms with E-state index in [4.69, 9.17) is 0 Å². The lowest BCUT2D eigenvalue weighted by molar-refractivity contribution is -0.141. The summed E-state index contributed by atoms with van der Waals surface area (Å²) in [7, 11) is -2.11. The van der Waals surface area contributed by atoms with Gasteiger partial charge in [0.25, 0.3) is 10.0 Å². The van der Waals surface area contributed by atoms with Gasteiger partial charge in [-0.1, -0.05) is 36.9 Å². The summed E-state index contributed by atoms with van der Waals surface area (Å²) in [5, 5.41) is 12.7. The van der Waals surface area contributed by atoms with Crippen LogP contribution in [0.5, 0.6) is 0 Å². The molecule has 2 atom stereocenters. The second-order valence-corrected chi connectivity index (χ2v) is 11.4. The molecular formula is C20H21N3O4S3. The molecule has 1 aliphatic heterocycles. The molecule has 158 valence electrons. The van der Waals surface area contributed by atoms with E-state index in [0.717, 1.165) is 16.1 Å². The number of hydrogen-bond acceptors (Lipinski definition) is 6. The molecule has 0 radical (unpaired) electrons. The smallest absolute Gasteiger partial charge is 0.307 e. The van der Waals surface area contributed by atoms with Crippen LogP contribution in [0.25, 0.3) is 10.9 Å². The van der Waals surface area contributed by atoms with E-state index >= 15 is 0 Å². The lowest BCUT2D eigenvalue weighted by atomic mass is 10.0. The highest BCUT2D eigenvalue weighted by atomic mass is 32.2. The molecule has 0 saturated heterocycles. The van der Waals surface area contributed by atoms with Crippen LogP contribution >= 0.6 is 23.1 Å². The maximum Gasteiger partial charge on any atom is 0.307 e. The van der Waals surface area contributed by atoms with Gasteiger partial charge in [0.1, 0.15) is 9.25 Å². The van der Waals surface area contributed by atoms with Crippen molar-refractivity contribution in [1.82, 2.24) is 4.98 Å². The number of hydrogen-bond donors (Lipinski definition) is 2. The predicted molar refractivity (Wildman–Crippen MR) is 122 cm³/mol. The number of carboxylic acid groups (broad SMARTS) is 1. The molecule has 3 heterocycles. The first-order valence-electron chi connectivity index (χ1n) is 9.41. The van der Waals surface area contributed by atoms with Gasteiger partial charge in [-0.15, -0.1) is 11.3 Å². The van der Waals surface area contributed by atoms with Gasteiger partial charge in [0.15, 0.2) is 0 Å². The van der Waals surface area contributed by atoms with E-state index in [1.165, 1.54) is 27.4 Å². The molecule has 0 fully saturated rings. The molecule has 0 saturated carbocycles. The van der Waals surface area contributed by atoms with Crippen molar-refractivity contribution < 1.29 is 18.3 Å². The third kappa shape index (κ3) is 3.63. The molecule has 0 aliphatic carbocycles. The van der Waals surface area contributed by atoms with Crippen LogP contribution in [0.1, 0.15) is 19.0 Å². The minimum absolute atomic E-state index is 0.102. The molecule has 1 aromatic carbocycles. The molecule has 2 N–H and O–H groups in total. The number of carbonyl (C=O) groups is 1. The summed E-state index contributed by atoms with van der Waals surface area (Å²) in [6.07, 6.45) is 0.554. The number of thiophene rings is 1. The first-order valence-corrected chi connectivity index (χ1v) is 12.6. The van der Waals surface area contributed by atoms with Gasteiger partial charge < -0.3 is 10.1 Å². The van der Waals surface area contributed by atoms with Crippen LogP contribution in [0.4, 0.5) is 5.69 Å². The number of para-hydroxylation sites is 1. The molecule has 10 heteroatoms. The fourth-order valence-electron chi connectivity index (χ4n) is 3.54. The SMILES string of the molecule is CCC(C(=O)O)C1CN=C(c2cc3cccc(N(C)S(=O)(=O)c4cccs4)c3[nH]2)S1. The molecule has 3 aromatic rings. The van der Waals surface area contributed by atoms with Gasteiger partial charge in [0.05, 0.1) is 29.4 Å². The van der Waals surface area contributed by atoms with Gasteiger partial charge in [0.2, 0.25) is 0 Å². The van der Waals surface area contributed by atoms with Gasteiger partial charge in [0, 0.05) is 17.7 Å². The number of fused-ring (bicyclic) bond motifs is 1. The first-order chi connectivity index (χ1) is 14.3. The quantitative estimate of drug-likeness (QED) is 0.551. The summed E-state index contributed by atoms with van der Waals surface area (Å²) in [5.74, 6) is -1.25. The van der Waals surface area contributed by atoms with Crippen LogP contribution < -0.4 is 4.31 Å². The van der Waals surface area contributed by atoms with Crippen molar-refractivity contribution in [2.75, 3.05) is 17.9 Å². The number of aromatic nitrogens is 1. The minimum Gasteiger partial charge on any atom is -0.481 e. The predicted octanol–water partition coefficient (Wildman–Crippen LogP) is 4.03. The van der Waals surface area contributed by atoms with E-state index in [1.54, 1.807) is 30.6 Å². The molecule has 0 amide bonds. The second kappa shape index (κ2) is 8.09. The number of carboxylic acids is 1. The number of H-pyrrole nitrogens is 1. The molecule has 0 bridgehead atoms. The molecular weight excluding hydrogens is 442 g/mol. The molecule has 2 unspecified atom stereocenters. The number of sulfonamides is 1. The number of aliphatic imine (C=N–C) groups is 1. The van der Waals surface area contributed by atoms with Crippen LogP contribution in [-0.4, -0.2) is 48.4 Å². The standard InChI is InChI=1S/C20H21N3O4S3/c1-3-13(20(24)25)16-11-21-19(29-16)14-10-12-6-4-7-15(18(12)22-14)23(2)30(26,27)17-8-5-9-28-17/h4-10,13,16,22H,3,11H2,1-2H3,(H,24,25). The maximum atomic E-state index is 13.0. The topological polar surface area (TPSA) is 103 Å². The van der Waals surface area contributed by atoms with Crippen molar-refractivity contribution in [2.24, 2.45) is 10.9 Å². The molecule has 0 spiro atoms. The number of nitrogens with one attached hydrogen (secondary N) is 1. The number of aliphatic carboxylic acids is 1. The molecule has 2 aromatic heterocycles. The minimum atomic E-state index is -3.65. The van der Waals surface area contributed by atoms with Crippen molar-refractivity contribution in [3.05, 3.63) is 47.5 Å². The van der Waals surface area contributed by atoms with Crippen LogP contribution in [0.15, 0.2) is 51.0 Å². The van der Waals surface area contributed by atoms with E-state index in [-0.39, 0.29) is 9.46 Å². The Morgan fingerprint density at radius 2 is 2.17 bits per heavy atom. The van der Waals surface area contributed by atoms with E-state index < -0.39 is 21.9 Å². The molecule has 1 aliphatic rings. The summed E-state index contributed by atoms with van der Waals surface area (Å²) in [4.78, 5) is 19.3. The number of rotatable bonds is 7. The third-order valence-corrected chi connectivity index (χ3v) is 9.69. The van der Waals surface area contributed by atoms with E-state index in [0.29, 0.717) is 24.2 Å². The lowest BCUT2D eigenvalue weighted by Crippen LogP contribution is -2.26. The first kappa shape index (κ1) is 21.0. The Morgan fingerprint density at radius 1 is 1.37 bits per heavy atom. The Labute approximate surface area is 182 Å². The summed E-state index contributed by atoms with van der Waals surface area (Å²) in [6.45, 7) is 2.33. The van der Waals surface area contributed by atoms with Crippen LogP contribution in [0.3, 0.4) is 0 Å². The van der Waals surface area contributed by atoms with Crippen molar-refractivity contribution >= 4 is 60.7 Å². The summed E-state index contributed by atoms with van der Waals surface area (Å²) in [6, 6.07) is 10.7. The van der Waals surface area contributed by atoms with Crippen LogP contribution in [-0.2, 0) is 14.8 Å². The highest BCUT2D eigenvalue weighted by Crippen LogP contribution is 2.35. The number of thioether (sulfide) groups is 1. The Balaban J connectivity index is 1.66. The van der Waals surface area contributed by atoms with Crippen LogP contribution in [0, 0.1) is 5.92 Å². The Hall–Kier alpha value is -2.30. The van der Waals surface area contributed by atoms with E-state index in [2.05, 4.69) is 9.98 Å². The zero-order valence-corrected chi connectivity index (χ0v) is 18.9. The van der Waals surface area contributed by atoms with Crippen molar-refractivity contribution in [3.63, 3.8) is 0 Å². The Kier molecular flexibility index (Phi) is 5.65. The van der Waals surface area contributed by atoms with Gasteiger partial charge in [-0.3, -0.25) is 14.1 Å². The molecule has 7 nitrogen and oxygen atoms in total. The van der Waals surface area contributed by atoms with Crippen molar-refractivity contribution in [2.45, 2.75) is 22.8 Å². The molecule has 4 rings (SSSR count). The Morgan fingerprint density at radius 3 is 2.83 bits per heavy atom. The fourth-order valence-corrected chi connectivity index (χ4v) is 7.20. The zero-order chi connectivity index (χ0) is 21.5. The van der Waals surface area contributed by atoms with E-state index in [1.807, 2.05) is 25.1 Å². The summed E-state index contributed by atoms with van der Waals surface area (Å²) in [5.41, 5.74) is 2.02. The second-order valence-electron chi connectivity index (χ2n) is 6.98. The highest BCUT2D eigenvalue weighted by molar-refractivity contribution is 8.15. The number of nitrogens with zero attached hydrogens (tertiary/aromatic N) is 2. The van der Waals surface area contributed by atoms with Gasteiger partial charge >= 0.3 is 5.97 Å². The number of benzene rings is 1. The van der Waals surface area contributed by atoms with Gasteiger partial charge in [-0.25, -0.2) is 8.42 Å². The molecule has 30 heavy (non-hydrogen) atoms. The van der Waals surface area contributed by atoms with Gasteiger partial charge in [-0.2, -0.15) is 0 Å². The number of aromatic amines is 1. The fraction of sp³-hybridized carbons (Fsp3) is 0.300. The monoisotopic (exact) mass is 463 g/mol. The van der Waals surface area contributed by atoms with Crippen molar-refractivity contribution in [1.29, 1.82) is 0 Å². The summed E-state index contributed by atoms with van der Waals surface area (Å²) >= 11 is 2.65. The highest BCUT2D eigenvalue weighted by Gasteiger charge is 2.33. The third-order valence-electron chi connectivity index (χ3n) is 5.20. The van der Waals surface area contributed by atoms with Crippen LogP contribution in [0.2, 0.25) is 0 Å². The maximum absolute atomic E-state index is 13.0. The number of anilines is 1. The summed E-state index contributed by atoms with van der Waals surface area (Å²) < 4.78 is 27.5. The zero-order valence-electron chi connectivity index (χ0n) is 16.4. The van der Waals surface area contributed by atoms with Gasteiger partial charge in [-0.05, 0) is 30.0 Å². The van der Waals surface area contributed by atoms with Crippen molar-refractivity contribution in [3.8, 4) is 0 Å². The average molecular weight is 464 g/mol. The largest absolute Gasteiger partial charge is 0.481 e. The Bertz CT molecular complexity index is 1220.